The highest BCUT2D eigenvalue weighted by atomic mass is 16.5. The molecule has 6 nitrogen and oxygen atoms in total. The van der Waals surface area contributed by atoms with Gasteiger partial charge in [0.15, 0.2) is 0 Å². The van der Waals surface area contributed by atoms with E-state index in [1.165, 1.54) is 11.1 Å². The Hall–Kier alpha value is -2.86. The summed E-state index contributed by atoms with van der Waals surface area (Å²) in [7, 11) is 1.63. The van der Waals surface area contributed by atoms with Gasteiger partial charge in [-0.3, -0.25) is 4.79 Å². The molecule has 1 aliphatic carbocycles. The molecule has 2 aromatic rings. The van der Waals surface area contributed by atoms with Crippen molar-refractivity contribution in [2.24, 2.45) is 5.92 Å². The number of fused-ring (bicyclic) bond motifs is 3. The van der Waals surface area contributed by atoms with Crippen molar-refractivity contribution in [1.29, 1.82) is 0 Å². The number of hydrogen-bond donors (Lipinski definition) is 2. The van der Waals surface area contributed by atoms with Gasteiger partial charge in [0.2, 0.25) is 0 Å². The van der Waals surface area contributed by atoms with E-state index in [1.807, 2.05) is 31.2 Å². The van der Waals surface area contributed by atoms with Gasteiger partial charge in [-0.25, -0.2) is 4.79 Å². The number of alkyl carbamates (subject to hydrolysis) is 1. The fourth-order valence-electron chi connectivity index (χ4n) is 4.19. The van der Waals surface area contributed by atoms with Gasteiger partial charge in [-0.2, -0.15) is 0 Å². The van der Waals surface area contributed by atoms with Gasteiger partial charge in [-0.1, -0.05) is 55.5 Å². The third kappa shape index (κ3) is 5.39. The lowest BCUT2D eigenvalue weighted by Crippen LogP contribution is -2.38. The molecule has 2 unspecified atom stereocenters. The van der Waals surface area contributed by atoms with Gasteiger partial charge in [-0.15, -0.1) is 0 Å². The van der Waals surface area contributed by atoms with E-state index in [1.54, 1.807) is 7.11 Å². The van der Waals surface area contributed by atoms with Crippen molar-refractivity contribution in [1.82, 2.24) is 5.32 Å². The molecule has 2 aromatic carbocycles. The van der Waals surface area contributed by atoms with E-state index in [0.29, 0.717) is 19.4 Å². The number of carbonyl (C=O) groups is 2. The number of nitrogens with one attached hydrogen (secondary N) is 1. The molecule has 2 N–H and O–H groups in total. The molecule has 0 spiro atoms. The molecule has 6 heteroatoms. The first-order valence-corrected chi connectivity index (χ1v) is 10.3. The number of rotatable bonds is 10. The molecule has 0 saturated heterocycles. The number of methoxy groups -OCH3 is 1. The molecule has 0 aromatic heterocycles. The quantitative estimate of drug-likeness (QED) is 0.604. The second-order valence-corrected chi connectivity index (χ2v) is 7.90. The Kier molecular flexibility index (Phi) is 7.46. The van der Waals surface area contributed by atoms with Crippen LogP contribution in [0.3, 0.4) is 0 Å². The summed E-state index contributed by atoms with van der Waals surface area (Å²) < 4.78 is 10.7. The number of aliphatic carboxylic acids is 1. The van der Waals surface area contributed by atoms with Gasteiger partial charge in [0, 0.05) is 32.1 Å². The summed E-state index contributed by atoms with van der Waals surface area (Å²) in [5.74, 6) is -0.690. The number of hydrogen-bond acceptors (Lipinski definition) is 4. The standard InChI is InChI=1S/C24H29NO5/c1-16(14-29-2)13-17(11-12-23(26)27)25-24(28)30-15-22-20-9-5-3-7-18(20)19-8-4-6-10-21(19)22/h3-10,16-17,22H,11-15H2,1-2H3,(H,25,28)(H,26,27). The summed E-state index contributed by atoms with van der Waals surface area (Å²) in [4.78, 5) is 23.5. The van der Waals surface area contributed by atoms with Crippen LogP contribution in [0.5, 0.6) is 0 Å². The van der Waals surface area contributed by atoms with Crippen LogP contribution in [-0.2, 0) is 14.3 Å². The van der Waals surface area contributed by atoms with Crippen molar-refractivity contribution in [3.63, 3.8) is 0 Å². The van der Waals surface area contributed by atoms with E-state index in [-0.39, 0.29) is 30.9 Å². The van der Waals surface area contributed by atoms with Gasteiger partial charge in [0.25, 0.3) is 0 Å². The Bertz CT molecular complexity index is 836. The fraction of sp³-hybridized carbons (Fsp3) is 0.417. The summed E-state index contributed by atoms with van der Waals surface area (Å²) >= 11 is 0. The van der Waals surface area contributed by atoms with E-state index in [0.717, 1.165) is 11.1 Å². The van der Waals surface area contributed by atoms with Crippen LogP contribution in [0.15, 0.2) is 48.5 Å². The van der Waals surface area contributed by atoms with Crippen LogP contribution in [0.25, 0.3) is 11.1 Å². The monoisotopic (exact) mass is 411 g/mol. The van der Waals surface area contributed by atoms with Crippen molar-refractivity contribution in [3.8, 4) is 11.1 Å². The zero-order chi connectivity index (χ0) is 21.5. The van der Waals surface area contributed by atoms with Gasteiger partial charge >= 0.3 is 12.1 Å². The molecule has 0 saturated carbocycles. The highest BCUT2D eigenvalue weighted by Gasteiger charge is 2.29. The van der Waals surface area contributed by atoms with Crippen molar-refractivity contribution < 1.29 is 24.2 Å². The third-order valence-electron chi connectivity index (χ3n) is 5.51. The molecule has 0 aliphatic heterocycles. The molecule has 1 aliphatic rings. The molecule has 160 valence electrons. The van der Waals surface area contributed by atoms with Crippen LogP contribution in [0.4, 0.5) is 4.79 Å². The number of carbonyl (C=O) groups excluding carboxylic acids is 1. The van der Waals surface area contributed by atoms with Gasteiger partial charge < -0.3 is 19.9 Å². The van der Waals surface area contributed by atoms with Crippen LogP contribution in [0.1, 0.15) is 43.2 Å². The van der Waals surface area contributed by atoms with Crippen molar-refractivity contribution in [2.45, 2.75) is 38.1 Å². The van der Waals surface area contributed by atoms with Gasteiger partial charge in [0.1, 0.15) is 6.61 Å². The first-order chi connectivity index (χ1) is 14.5. The number of ether oxygens (including phenoxy) is 2. The Morgan fingerprint density at radius 1 is 1.07 bits per heavy atom. The average Bonchev–Trinajstić information content (AvgIpc) is 3.04. The van der Waals surface area contributed by atoms with E-state index in [9.17, 15) is 9.59 Å². The zero-order valence-corrected chi connectivity index (χ0v) is 17.5. The number of amides is 1. The molecular weight excluding hydrogens is 382 g/mol. The molecule has 0 fully saturated rings. The maximum atomic E-state index is 12.5. The summed E-state index contributed by atoms with van der Waals surface area (Å²) in [5, 5.41) is 11.9. The number of benzene rings is 2. The normalized spacial score (nSPS) is 14.5. The summed E-state index contributed by atoms with van der Waals surface area (Å²) in [6.45, 7) is 2.80. The predicted octanol–water partition coefficient (Wildman–Crippen LogP) is 4.43. The minimum Gasteiger partial charge on any atom is -0.481 e. The summed E-state index contributed by atoms with van der Waals surface area (Å²) in [6, 6.07) is 16.1. The SMILES string of the molecule is COCC(C)CC(CCC(=O)O)NC(=O)OCC1c2ccccc2-c2ccccc21. The Labute approximate surface area is 177 Å². The second-order valence-electron chi connectivity index (χ2n) is 7.90. The van der Waals surface area contributed by atoms with Crippen LogP contribution in [0, 0.1) is 5.92 Å². The van der Waals surface area contributed by atoms with Crippen LogP contribution in [0.2, 0.25) is 0 Å². The minimum atomic E-state index is -0.881. The van der Waals surface area contributed by atoms with E-state index in [2.05, 4.69) is 29.6 Å². The van der Waals surface area contributed by atoms with Gasteiger partial charge in [0.05, 0.1) is 0 Å². The predicted molar refractivity (Wildman–Crippen MR) is 115 cm³/mol. The first-order valence-electron chi connectivity index (χ1n) is 10.3. The number of carboxylic acids is 1. The summed E-state index contributed by atoms with van der Waals surface area (Å²) in [6.07, 6.45) is 0.462. The van der Waals surface area contributed by atoms with E-state index < -0.39 is 12.1 Å². The third-order valence-corrected chi connectivity index (χ3v) is 5.51. The minimum absolute atomic E-state index is 0.00593. The molecule has 2 atom stereocenters. The zero-order valence-electron chi connectivity index (χ0n) is 17.5. The van der Waals surface area contributed by atoms with Crippen molar-refractivity contribution in [3.05, 3.63) is 59.7 Å². The first kappa shape index (κ1) is 21.8. The summed E-state index contributed by atoms with van der Waals surface area (Å²) in [5.41, 5.74) is 4.66. The highest BCUT2D eigenvalue weighted by molar-refractivity contribution is 5.79. The molecule has 30 heavy (non-hydrogen) atoms. The Balaban J connectivity index is 1.63. The fourth-order valence-corrected chi connectivity index (χ4v) is 4.19. The van der Waals surface area contributed by atoms with Crippen molar-refractivity contribution in [2.75, 3.05) is 20.3 Å². The maximum Gasteiger partial charge on any atom is 0.407 e. The molecule has 1 amide bonds. The Morgan fingerprint density at radius 3 is 2.23 bits per heavy atom. The topological polar surface area (TPSA) is 84.9 Å². The lowest BCUT2D eigenvalue weighted by atomic mass is 9.98. The molecule has 0 radical (unpaired) electrons. The molecule has 3 rings (SSSR count). The largest absolute Gasteiger partial charge is 0.481 e. The average molecular weight is 411 g/mol. The van der Waals surface area contributed by atoms with Crippen molar-refractivity contribution >= 4 is 12.1 Å². The molecular formula is C24H29NO5. The lowest BCUT2D eigenvalue weighted by molar-refractivity contribution is -0.137. The highest BCUT2D eigenvalue weighted by Crippen LogP contribution is 2.44. The maximum absolute atomic E-state index is 12.5. The number of carboxylic acid groups (broad SMARTS) is 1. The van der Waals surface area contributed by atoms with E-state index in [4.69, 9.17) is 14.6 Å². The van der Waals surface area contributed by atoms with Gasteiger partial charge in [-0.05, 0) is 41.0 Å². The van der Waals surface area contributed by atoms with Crippen LogP contribution >= 0.6 is 0 Å². The van der Waals surface area contributed by atoms with E-state index >= 15 is 0 Å². The molecule has 0 bridgehead atoms. The van der Waals surface area contributed by atoms with Crippen LogP contribution < -0.4 is 5.32 Å². The van der Waals surface area contributed by atoms with Crippen LogP contribution in [-0.4, -0.2) is 43.5 Å². The second kappa shape index (κ2) is 10.3. The lowest BCUT2D eigenvalue weighted by Gasteiger charge is -2.22. The Morgan fingerprint density at radius 2 is 1.67 bits per heavy atom. The smallest absolute Gasteiger partial charge is 0.407 e. The molecule has 0 heterocycles.